The molecule has 0 fully saturated rings. The molecule has 0 bridgehead atoms. The van der Waals surface area contributed by atoms with Gasteiger partial charge in [-0.05, 0) is 48.5 Å². The first-order chi connectivity index (χ1) is 10.1. The van der Waals surface area contributed by atoms with Crippen LogP contribution >= 0.6 is 0 Å². The summed E-state index contributed by atoms with van der Waals surface area (Å²) in [5.74, 6) is 0.347. The molecule has 0 aliphatic carbocycles. The van der Waals surface area contributed by atoms with Gasteiger partial charge < -0.3 is 30.6 Å². The predicted molar refractivity (Wildman–Crippen MR) is 74.2 cm³/mol. The number of carbonyl (C=O) groups excluding carboxylic acids is 1. The molecule has 0 radical (unpaired) electrons. The fourth-order valence-corrected chi connectivity index (χ4v) is 1.45. The number of rotatable bonds is 4. The molecule has 0 saturated heterocycles. The lowest BCUT2D eigenvalue weighted by atomic mass is 10.3. The van der Waals surface area contributed by atoms with Gasteiger partial charge in [0.15, 0.2) is 0 Å². The normalized spacial score (nSPS) is 9.86. The van der Waals surface area contributed by atoms with Gasteiger partial charge in [-0.15, -0.1) is 0 Å². The van der Waals surface area contributed by atoms with E-state index in [2.05, 4.69) is 0 Å². The Labute approximate surface area is 119 Å². The summed E-state index contributed by atoms with van der Waals surface area (Å²) < 4.78 is 9.75. The summed E-state index contributed by atoms with van der Waals surface area (Å²) in [5.41, 5.74) is 2.02. The summed E-state index contributed by atoms with van der Waals surface area (Å²) in [7, 11) is 0. The maximum atomic E-state index is 11.5. The van der Waals surface area contributed by atoms with E-state index in [1.165, 1.54) is 48.5 Å². The summed E-state index contributed by atoms with van der Waals surface area (Å²) >= 11 is 0. The number of benzene rings is 2. The Bertz CT molecular complexity index is 597. The summed E-state index contributed by atoms with van der Waals surface area (Å²) in [6.45, 7) is 0. The molecule has 0 unspecified atom stereocenters. The second kappa shape index (κ2) is 6.57. The zero-order chi connectivity index (χ0) is 15.2. The molecule has 0 heterocycles. The molecule has 0 saturated carbocycles. The summed E-state index contributed by atoms with van der Waals surface area (Å²) in [6.07, 6.45) is -0.978. The van der Waals surface area contributed by atoms with Gasteiger partial charge >= 0.3 is 6.16 Å². The van der Waals surface area contributed by atoms with E-state index in [0.29, 0.717) is 5.69 Å². The third-order valence-electron chi connectivity index (χ3n) is 2.43. The predicted octanol–water partition coefficient (Wildman–Crippen LogP) is 2.87. The van der Waals surface area contributed by atoms with E-state index in [-0.39, 0.29) is 22.4 Å². The number of hydrogen-bond acceptors (Lipinski definition) is 8. The number of nitrogens with one attached hydrogen (secondary N) is 1. The lowest BCUT2D eigenvalue weighted by Crippen LogP contribution is -2.14. The molecular formula is C13H10N2O6-2. The Morgan fingerprint density at radius 1 is 1.00 bits per heavy atom. The summed E-state index contributed by atoms with van der Waals surface area (Å²) in [6, 6.07) is 10.9. The first kappa shape index (κ1) is 14.6. The quantitative estimate of drug-likeness (QED) is 0.501. The molecule has 0 aliphatic rings. The second-order valence-corrected chi connectivity index (χ2v) is 3.85. The molecular weight excluding hydrogens is 280 g/mol. The van der Waals surface area contributed by atoms with Crippen molar-refractivity contribution in [2.45, 2.75) is 0 Å². The standard InChI is InChI=1S/C13H10N2O6/c16-13(20-11-5-1-9(14-17)2-6-11)21-12-7-3-10(4-8-12)15(18)19/h1-8,14,18H/q-2. The number of anilines is 2. The summed E-state index contributed by atoms with van der Waals surface area (Å²) in [4.78, 5) is 11.5. The van der Waals surface area contributed by atoms with E-state index in [0.717, 1.165) is 0 Å². The van der Waals surface area contributed by atoms with Gasteiger partial charge in [0.2, 0.25) is 0 Å². The van der Waals surface area contributed by atoms with E-state index in [4.69, 9.17) is 14.7 Å². The highest BCUT2D eigenvalue weighted by Gasteiger charge is 2.08. The van der Waals surface area contributed by atoms with Gasteiger partial charge in [0.1, 0.15) is 11.5 Å². The van der Waals surface area contributed by atoms with Gasteiger partial charge in [0, 0.05) is 5.69 Å². The van der Waals surface area contributed by atoms with Crippen molar-refractivity contribution in [1.82, 2.24) is 0 Å². The highest BCUT2D eigenvalue weighted by molar-refractivity contribution is 5.67. The van der Waals surface area contributed by atoms with Crippen molar-refractivity contribution in [2.75, 3.05) is 10.7 Å². The van der Waals surface area contributed by atoms with Gasteiger partial charge in [0.25, 0.3) is 0 Å². The smallest absolute Gasteiger partial charge is 0.519 e. The lowest BCUT2D eigenvalue weighted by Gasteiger charge is -2.21. The van der Waals surface area contributed by atoms with Crippen molar-refractivity contribution in [3.63, 3.8) is 0 Å². The van der Waals surface area contributed by atoms with Crippen LogP contribution in [0.25, 0.3) is 0 Å². The van der Waals surface area contributed by atoms with E-state index in [1.807, 2.05) is 0 Å². The monoisotopic (exact) mass is 290 g/mol. The van der Waals surface area contributed by atoms with Crippen molar-refractivity contribution < 1.29 is 19.5 Å². The highest BCUT2D eigenvalue weighted by Crippen LogP contribution is 2.19. The van der Waals surface area contributed by atoms with Crippen LogP contribution in [0.15, 0.2) is 48.5 Å². The van der Waals surface area contributed by atoms with Crippen molar-refractivity contribution in [2.24, 2.45) is 0 Å². The lowest BCUT2D eigenvalue weighted by molar-refractivity contribution is 0.152. The number of nitrogens with zero attached hydrogens (tertiary/aromatic N) is 1. The van der Waals surface area contributed by atoms with Gasteiger partial charge in [-0.3, -0.25) is 5.21 Å². The Kier molecular flexibility index (Phi) is 4.57. The molecule has 2 aromatic carbocycles. The SMILES string of the molecule is O=C(Oc1ccc(N[O-])cc1)Oc1ccc(N([O-])O)cc1. The van der Waals surface area contributed by atoms with Crippen molar-refractivity contribution in [1.29, 1.82) is 0 Å². The zero-order valence-electron chi connectivity index (χ0n) is 10.6. The van der Waals surface area contributed by atoms with Crippen LogP contribution in [0.3, 0.4) is 0 Å². The van der Waals surface area contributed by atoms with Crippen LogP contribution < -0.4 is 20.2 Å². The third kappa shape index (κ3) is 4.08. The average molecular weight is 290 g/mol. The zero-order valence-corrected chi connectivity index (χ0v) is 10.6. The maximum Gasteiger partial charge on any atom is 0.519 e. The van der Waals surface area contributed by atoms with Gasteiger partial charge in [-0.1, -0.05) is 0 Å². The molecule has 110 valence electrons. The van der Waals surface area contributed by atoms with Crippen molar-refractivity contribution in [3.8, 4) is 11.5 Å². The van der Waals surface area contributed by atoms with E-state index >= 15 is 0 Å². The molecule has 21 heavy (non-hydrogen) atoms. The molecule has 0 aromatic heterocycles. The largest absolute Gasteiger partial charge is 0.761 e. The molecule has 2 rings (SSSR count). The molecule has 0 spiro atoms. The highest BCUT2D eigenvalue weighted by atomic mass is 16.8. The molecule has 0 atom stereocenters. The minimum atomic E-state index is -0.978. The maximum absolute atomic E-state index is 11.5. The van der Waals surface area contributed by atoms with Crippen LogP contribution in [0.5, 0.6) is 11.5 Å². The van der Waals surface area contributed by atoms with Crippen LogP contribution in [0.1, 0.15) is 0 Å². The Balaban J connectivity index is 1.94. The van der Waals surface area contributed by atoms with Crippen LogP contribution in [0.4, 0.5) is 16.2 Å². The average Bonchev–Trinajstić information content (AvgIpc) is 2.48. The number of hydrogen-bond donors (Lipinski definition) is 2. The van der Waals surface area contributed by atoms with Gasteiger partial charge in [-0.25, -0.2) is 4.79 Å². The molecule has 8 heteroatoms. The first-order valence-electron chi connectivity index (χ1n) is 5.72. The molecule has 0 aliphatic heterocycles. The van der Waals surface area contributed by atoms with Gasteiger partial charge in [-0.2, -0.15) is 0 Å². The molecule has 2 aromatic rings. The van der Waals surface area contributed by atoms with E-state index in [9.17, 15) is 15.2 Å². The van der Waals surface area contributed by atoms with Gasteiger partial charge in [0.05, 0.1) is 5.69 Å². The Morgan fingerprint density at radius 3 is 1.90 bits per heavy atom. The minimum Gasteiger partial charge on any atom is -0.761 e. The summed E-state index contributed by atoms with van der Waals surface area (Å²) in [5, 5.41) is 29.3. The Morgan fingerprint density at radius 2 is 1.48 bits per heavy atom. The van der Waals surface area contributed by atoms with Crippen molar-refractivity contribution >= 4 is 17.5 Å². The fourth-order valence-electron chi connectivity index (χ4n) is 1.45. The van der Waals surface area contributed by atoms with E-state index < -0.39 is 6.16 Å². The first-order valence-corrected chi connectivity index (χ1v) is 5.72. The number of carbonyl (C=O) groups is 1. The van der Waals surface area contributed by atoms with E-state index in [1.54, 1.807) is 5.48 Å². The third-order valence-corrected chi connectivity index (χ3v) is 2.43. The van der Waals surface area contributed by atoms with Crippen LogP contribution in [0.2, 0.25) is 0 Å². The molecule has 8 nitrogen and oxygen atoms in total. The van der Waals surface area contributed by atoms with Crippen LogP contribution in [-0.4, -0.2) is 11.4 Å². The fraction of sp³-hybridized carbons (Fsp3) is 0. The number of ether oxygens (including phenoxy) is 2. The Hall–Kier alpha value is -2.81. The second-order valence-electron chi connectivity index (χ2n) is 3.85. The topological polar surface area (TPSA) is 117 Å². The van der Waals surface area contributed by atoms with Crippen LogP contribution in [0, 0.1) is 10.4 Å². The molecule has 0 amide bonds. The van der Waals surface area contributed by atoms with Crippen molar-refractivity contribution in [3.05, 3.63) is 58.9 Å². The minimum absolute atomic E-state index is 0.00332. The van der Waals surface area contributed by atoms with Crippen LogP contribution in [-0.2, 0) is 0 Å². The molecule has 2 N–H and O–H groups in total.